The highest BCUT2D eigenvalue weighted by atomic mass is 16.6. The molecule has 0 saturated heterocycles. The van der Waals surface area contributed by atoms with E-state index in [2.05, 4.69) is 4.98 Å². The largest absolute Gasteiger partial charge is 0.707 e. The van der Waals surface area contributed by atoms with Gasteiger partial charge in [0.2, 0.25) is 0 Å². The lowest BCUT2D eigenvalue weighted by Gasteiger charge is -2.10. The zero-order valence-corrected chi connectivity index (χ0v) is 7.39. The highest BCUT2D eigenvalue weighted by Gasteiger charge is 2.17. The van der Waals surface area contributed by atoms with E-state index < -0.39 is 7.32 Å². The molecule has 0 aromatic carbocycles. The maximum Gasteiger partial charge on any atom is 0.707 e. The van der Waals surface area contributed by atoms with Crippen molar-refractivity contribution in [3.8, 4) is 11.6 Å². The van der Waals surface area contributed by atoms with Gasteiger partial charge in [0, 0.05) is 6.20 Å². The van der Waals surface area contributed by atoms with Crippen LogP contribution in [0, 0.1) is 6.92 Å². The van der Waals surface area contributed by atoms with Crippen LogP contribution in [0.15, 0.2) is 12.3 Å². The monoisotopic (exact) mass is 183 g/mol. The van der Waals surface area contributed by atoms with Crippen molar-refractivity contribution in [3.63, 3.8) is 0 Å². The highest BCUT2D eigenvalue weighted by molar-refractivity contribution is 6.33. The summed E-state index contributed by atoms with van der Waals surface area (Å²) in [6.07, 6.45) is 1.55. The molecular weight excluding hydrogens is 173 g/mol. The van der Waals surface area contributed by atoms with Gasteiger partial charge in [-0.3, -0.25) is 0 Å². The van der Waals surface area contributed by atoms with Crippen molar-refractivity contribution in [3.05, 3.63) is 17.8 Å². The summed E-state index contributed by atoms with van der Waals surface area (Å²) < 4.78 is 9.56. The van der Waals surface area contributed by atoms with E-state index in [0.717, 1.165) is 5.56 Å². The van der Waals surface area contributed by atoms with Gasteiger partial charge in [-0.25, -0.2) is 4.98 Å². The predicted octanol–water partition coefficient (Wildman–Crippen LogP) is -0.253. The molecule has 0 fully saturated rings. The van der Waals surface area contributed by atoms with Crippen LogP contribution in [0.1, 0.15) is 5.56 Å². The van der Waals surface area contributed by atoms with Gasteiger partial charge < -0.3 is 19.4 Å². The van der Waals surface area contributed by atoms with Crippen LogP contribution in [0.25, 0.3) is 0 Å². The lowest BCUT2D eigenvalue weighted by Crippen LogP contribution is -2.21. The van der Waals surface area contributed by atoms with E-state index in [0.29, 0.717) is 0 Å². The van der Waals surface area contributed by atoms with Gasteiger partial charge in [0.05, 0.1) is 7.11 Å². The standard InChI is InChI=1S/C7H10BNO4/c1-5-3-4-9-7(12-2)6(5)13-8(10)11/h3-4,10-11H,1-2H3. The quantitative estimate of drug-likeness (QED) is 0.632. The molecule has 1 aromatic heterocycles. The summed E-state index contributed by atoms with van der Waals surface area (Å²) >= 11 is 0. The summed E-state index contributed by atoms with van der Waals surface area (Å²) in [5.74, 6) is 0.466. The number of ether oxygens (including phenoxy) is 1. The van der Waals surface area contributed by atoms with Gasteiger partial charge in [-0.2, -0.15) is 0 Å². The molecule has 0 aliphatic rings. The molecule has 0 radical (unpaired) electrons. The van der Waals surface area contributed by atoms with Gasteiger partial charge in [-0.15, -0.1) is 0 Å². The minimum Gasteiger partial charge on any atom is -0.508 e. The molecule has 70 valence electrons. The lowest BCUT2D eigenvalue weighted by atomic mass is 10.2. The van der Waals surface area contributed by atoms with Crippen LogP contribution in [0.3, 0.4) is 0 Å². The molecule has 0 amide bonds. The summed E-state index contributed by atoms with van der Waals surface area (Å²) in [6.45, 7) is 1.75. The molecule has 0 bridgehead atoms. The molecule has 0 aliphatic heterocycles. The van der Waals surface area contributed by atoms with Gasteiger partial charge >= 0.3 is 7.32 Å². The van der Waals surface area contributed by atoms with Gasteiger partial charge in [0.15, 0.2) is 5.75 Å². The molecule has 6 heteroatoms. The Morgan fingerprint density at radius 1 is 1.46 bits per heavy atom. The molecule has 2 N–H and O–H groups in total. The summed E-state index contributed by atoms with van der Waals surface area (Å²) in [4.78, 5) is 3.84. The van der Waals surface area contributed by atoms with E-state index in [-0.39, 0.29) is 11.6 Å². The lowest BCUT2D eigenvalue weighted by molar-refractivity contribution is 0.276. The Kier molecular flexibility index (Phi) is 3.10. The SMILES string of the molecule is COc1nccc(C)c1OB(O)O. The average molecular weight is 183 g/mol. The second kappa shape index (κ2) is 4.11. The van der Waals surface area contributed by atoms with Crippen molar-refractivity contribution in [1.29, 1.82) is 0 Å². The van der Waals surface area contributed by atoms with Gasteiger partial charge in [0.1, 0.15) is 0 Å². The highest BCUT2D eigenvalue weighted by Crippen LogP contribution is 2.27. The van der Waals surface area contributed by atoms with Gasteiger partial charge in [-0.05, 0) is 18.6 Å². The van der Waals surface area contributed by atoms with Crippen LogP contribution in [-0.4, -0.2) is 29.5 Å². The minimum absolute atomic E-state index is 0.230. The summed E-state index contributed by atoms with van der Waals surface area (Å²) in [6, 6.07) is 1.68. The van der Waals surface area contributed by atoms with Crippen molar-refractivity contribution in [2.45, 2.75) is 6.92 Å². The molecule has 0 aliphatic carbocycles. The second-order valence-corrected chi connectivity index (χ2v) is 2.41. The first-order valence-corrected chi connectivity index (χ1v) is 3.67. The molecule has 13 heavy (non-hydrogen) atoms. The number of methoxy groups -OCH3 is 1. The molecular formula is C7H10BNO4. The maximum absolute atomic E-state index is 8.60. The normalized spacial score (nSPS) is 9.54. The average Bonchev–Trinajstić information content (AvgIpc) is 2.08. The van der Waals surface area contributed by atoms with Crippen LogP contribution in [0.4, 0.5) is 0 Å². The number of pyridine rings is 1. The summed E-state index contributed by atoms with van der Waals surface area (Å²) in [5, 5.41) is 17.2. The number of aryl methyl sites for hydroxylation is 1. The van der Waals surface area contributed by atoms with Crippen LogP contribution in [-0.2, 0) is 0 Å². The first-order chi connectivity index (χ1) is 6.15. The molecule has 0 saturated carbocycles. The van der Waals surface area contributed by atoms with Crippen molar-refractivity contribution in [1.82, 2.24) is 4.98 Å². The van der Waals surface area contributed by atoms with Crippen molar-refractivity contribution < 1.29 is 19.4 Å². The first-order valence-electron chi connectivity index (χ1n) is 3.67. The number of nitrogens with zero attached hydrogens (tertiary/aromatic N) is 1. The van der Waals surface area contributed by atoms with E-state index in [1.54, 1.807) is 19.2 Å². The third-order valence-electron chi connectivity index (χ3n) is 1.49. The number of aromatic nitrogens is 1. The Morgan fingerprint density at radius 3 is 2.69 bits per heavy atom. The van der Waals surface area contributed by atoms with E-state index in [1.165, 1.54) is 7.11 Å². The molecule has 1 heterocycles. The van der Waals surface area contributed by atoms with Crippen molar-refractivity contribution in [2.75, 3.05) is 7.11 Å². The van der Waals surface area contributed by atoms with Crippen LogP contribution >= 0.6 is 0 Å². The zero-order valence-electron chi connectivity index (χ0n) is 7.39. The molecule has 5 nitrogen and oxygen atoms in total. The fraction of sp³-hybridized carbons (Fsp3) is 0.286. The van der Waals surface area contributed by atoms with E-state index in [4.69, 9.17) is 19.4 Å². The Balaban J connectivity index is 3.00. The van der Waals surface area contributed by atoms with Gasteiger partial charge in [-0.1, -0.05) is 0 Å². The third-order valence-corrected chi connectivity index (χ3v) is 1.49. The van der Waals surface area contributed by atoms with Crippen LogP contribution in [0.2, 0.25) is 0 Å². The number of hydrogen-bond donors (Lipinski definition) is 2. The topological polar surface area (TPSA) is 71.8 Å². The zero-order chi connectivity index (χ0) is 9.84. The van der Waals surface area contributed by atoms with E-state index in [1.807, 2.05) is 0 Å². The Bertz CT molecular complexity index is 292. The Morgan fingerprint density at radius 2 is 2.15 bits per heavy atom. The minimum atomic E-state index is -1.86. The first kappa shape index (κ1) is 9.82. The molecule has 1 aromatic rings. The van der Waals surface area contributed by atoms with Crippen molar-refractivity contribution >= 4 is 7.32 Å². The van der Waals surface area contributed by atoms with Crippen LogP contribution in [0.5, 0.6) is 11.6 Å². The number of rotatable bonds is 3. The van der Waals surface area contributed by atoms with Gasteiger partial charge in [0.25, 0.3) is 5.88 Å². The fourth-order valence-corrected chi connectivity index (χ4v) is 0.914. The van der Waals surface area contributed by atoms with E-state index >= 15 is 0 Å². The maximum atomic E-state index is 8.60. The number of hydrogen-bond acceptors (Lipinski definition) is 5. The fourth-order valence-electron chi connectivity index (χ4n) is 0.914. The van der Waals surface area contributed by atoms with E-state index in [9.17, 15) is 0 Å². The molecule has 0 unspecified atom stereocenters. The smallest absolute Gasteiger partial charge is 0.508 e. The van der Waals surface area contributed by atoms with Crippen LogP contribution < -0.4 is 9.39 Å². The molecule has 1 rings (SSSR count). The molecule has 0 spiro atoms. The molecule has 0 atom stereocenters. The third kappa shape index (κ3) is 2.33. The summed E-state index contributed by atoms with van der Waals surface area (Å²) in [5.41, 5.74) is 0.722. The Hall–Kier alpha value is -1.27. The van der Waals surface area contributed by atoms with Crippen molar-refractivity contribution in [2.24, 2.45) is 0 Å². The second-order valence-electron chi connectivity index (χ2n) is 2.41. The predicted molar refractivity (Wildman–Crippen MR) is 46.3 cm³/mol. The Labute approximate surface area is 76.1 Å². The summed E-state index contributed by atoms with van der Waals surface area (Å²) in [7, 11) is -0.435.